The number of nitrogens with zero attached hydrogens (tertiary/aromatic N) is 1. The number of piperidine rings is 1. The molecule has 0 radical (unpaired) electrons. The quantitative estimate of drug-likeness (QED) is 0.629. The molecule has 4 nitrogen and oxygen atoms in total. The lowest BCUT2D eigenvalue weighted by Gasteiger charge is -2.33. The Bertz CT molecular complexity index is 568. The molecule has 2 rings (SSSR count). The van der Waals surface area contributed by atoms with E-state index in [1.807, 2.05) is 0 Å². The third kappa shape index (κ3) is 3.97. The highest BCUT2D eigenvalue weighted by atomic mass is 32.2. The third-order valence-corrected chi connectivity index (χ3v) is 4.53. The number of carbonyl (C=O) groups is 2. The van der Waals surface area contributed by atoms with E-state index in [-0.39, 0.29) is 11.7 Å². The van der Waals surface area contributed by atoms with Crippen LogP contribution in [0.4, 0.5) is 8.78 Å². The van der Waals surface area contributed by atoms with E-state index in [0.29, 0.717) is 17.9 Å². The minimum atomic E-state index is -0.942. The Labute approximate surface area is 131 Å². The third-order valence-electron chi connectivity index (χ3n) is 3.55. The number of likely N-dealkylation sites (tertiary alicyclic amines) is 1. The number of thioether (sulfide) groups is 1. The number of benzene rings is 1. The summed E-state index contributed by atoms with van der Waals surface area (Å²) >= 11 is 1.12. The van der Waals surface area contributed by atoms with Crippen molar-refractivity contribution in [1.82, 2.24) is 4.90 Å². The maximum absolute atomic E-state index is 13.1. The summed E-state index contributed by atoms with van der Waals surface area (Å²) in [4.78, 5) is 26.0. The zero-order chi connectivity index (χ0) is 16.1. The molecule has 0 spiro atoms. The van der Waals surface area contributed by atoms with Gasteiger partial charge in [-0.05, 0) is 37.5 Å². The van der Waals surface area contributed by atoms with Crippen molar-refractivity contribution >= 4 is 23.6 Å². The van der Waals surface area contributed by atoms with E-state index in [1.54, 1.807) is 0 Å². The normalized spacial score (nSPS) is 18.1. The van der Waals surface area contributed by atoms with E-state index in [1.165, 1.54) is 18.1 Å². The molecule has 0 saturated carbocycles. The number of rotatable bonds is 4. The van der Waals surface area contributed by atoms with Crippen molar-refractivity contribution in [2.24, 2.45) is 0 Å². The van der Waals surface area contributed by atoms with Crippen LogP contribution in [-0.4, -0.2) is 42.2 Å². The first kappa shape index (κ1) is 16.7. The summed E-state index contributed by atoms with van der Waals surface area (Å²) < 4.78 is 30.7. The topological polar surface area (TPSA) is 46.6 Å². The van der Waals surface area contributed by atoms with Crippen molar-refractivity contribution in [2.45, 2.75) is 30.2 Å². The second-order valence-corrected chi connectivity index (χ2v) is 6.04. The van der Waals surface area contributed by atoms with E-state index < -0.39 is 23.6 Å². The van der Waals surface area contributed by atoms with Gasteiger partial charge in [-0.2, -0.15) is 0 Å². The van der Waals surface area contributed by atoms with Gasteiger partial charge in [0.25, 0.3) is 0 Å². The number of ether oxygens (including phenoxy) is 1. The first-order valence-corrected chi connectivity index (χ1v) is 7.96. The maximum Gasteiger partial charge on any atom is 0.328 e. The SMILES string of the molecule is COC(=O)[C@H]1CCCCN1C(=O)CSc1ccc(F)c(F)c1. The van der Waals surface area contributed by atoms with Gasteiger partial charge in [0.05, 0.1) is 12.9 Å². The standard InChI is InChI=1S/C15H17F2NO3S/c1-21-15(20)13-4-2-3-7-18(13)14(19)9-22-10-5-6-11(16)12(17)8-10/h5-6,8,13H,2-4,7,9H2,1H3/t13-/m1/s1. The van der Waals surface area contributed by atoms with Crippen molar-refractivity contribution in [3.05, 3.63) is 29.8 Å². The number of methoxy groups -OCH3 is 1. The summed E-state index contributed by atoms with van der Waals surface area (Å²) in [5, 5.41) is 0. The molecule has 1 heterocycles. The predicted molar refractivity (Wildman–Crippen MR) is 78.5 cm³/mol. The van der Waals surface area contributed by atoms with Gasteiger partial charge in [0.1, 0.15) is 6.04 Å². The summed E-state index contributed by atoms with van der Waals surface area (Å²) in [6, 6.07) is 2.96. The smallest absolute Gasteiger partial charge is 0.328 e. The van der Waals surface area contributed by atoms with Crippen LogP contribution < -0.4 is 0 Å². The van der Waals surface area contributed by atoms with Crippen molar-refractivity contribution in [3.63, 3.8) is 0 Å². The highest BCUT2D eigenvalue weighted by Gasteiger charge is 2.32. The van der Waals surface area contributed by atoms with Crippen LogP contribution in [0.2, 0.25) is 0 Å². The van der Waals surface area contributed by atoms with Crippen molar-refractivity contribution in [2.75, 3.05) is 19.4 Å². The van der Waals surface area contributed by atoms with Crippen LogP contribution in [0, 0.1) is 11.6 Å². The Kier molecular flexibility index (Phi) is 5.76. The van der Waals surface area contributed by atoms with Gasteiger partial charge >= 0.3 is 5.97 Å². The molecule has 0 aliphatic carbocycles. The summed E-state index contributed by atoms with van der Waals surface area (Å²) in [5.41, 5.74) is 0. The number of hydrogen-bond acceptors (Lipinski definition) is 4. The van der Waals surface area contributed by atoms with E-state index in [9.17, 15) is 18.4 Å². The Morgan fingerprint density at radius 1 is 1.32 bits per heavy atom. The number of hydrogen-bond donors (Lipinski definition) is 0. The van der Waals surface area contributed by atoms with E-state index in [4.69, 9.17) is 4.74 Å². The first-order valence-electron chi connectivity index (χ1n) is 6.98. The number of halogens is 2. The van der Waals surface area contributed by atoms with E-state index in [0.717, 1.165) is 36.7 Å². The zero-order valence-corrected chi connectivity index (χ0v) is 13.0. The fourth-order valence-corrected chi connectivity index (χ4v) is 3.21. The molecule has 0 N–H and O–H groups in total. The van der Waals surface area contributed by atoms with Gasteiger partial charge in [-0.1, -0.05) is 0 Å². The predicted octanol–water partition coefficient (Wildman–Crippen LogP) is 2.61. The van der Waals surface area contributed by atoms with Gasteiger partial charge in [0.2, 0.25) is 5.91 Å². The molecule has 1 aromatic rings. The molecular formula is C15H17F2NO3S. The monoisotopic (exact) mass is 329 g/mol. The van der Waals surface area contributed by atoms with Crippen LogP contribution in [0.3, 0.4) is 0 Å². The van der Waals surface area contributed by atoms with Gasteiger partial charge in [-0.25, -0.2) is 13.6 Å². The Morgan fingerprint density at radius 2 is 2.09 bits per heavy atom. The molecule has 1 saturated heterocycles. The molecule has 1 aromatic carbocycles. The molecule has 0 bridgehead atoms. The van der Waals surface area contributed by atoms with Gasteiger partial charge in [0.15, 0.2) is 11.6 Å². The van der Waals surface area contributed by atoms with Crippen LogP contribution in [-0.2, 0) is 14.3 Å². The number of esters is 1. The number of amides is 1. The first-order chi connectivity index (χ1) is 10.5. The minimum absolute atomic E-state index is 0.0680. The largest absolute Gasteiger partial charge is 0.467 e. The summed E-state index contributed by atoms with van der Waals surface area (Å²) in [6.07, 6.45) is 2.31. The van der Waals surface area contributed by atoms with Gasteiger partial charge in [0, 0.05) is 11.4 Å². The molecule has 22 heavy (non-hydrogen) atoms. The average Bonchev–Trinajstić information content (AvgIpc) is 2.55. The van der Waals surface area contributed by atoms with Crippen molar-refractivity contribution < 1.29 is 23.1 Å². The summed E-state index contributed by atoms with van der Waals surface area (Å²) in [6.45, 7) is 0.511. The molecule has 1 aliphatic heterocycles. The summed E-state index contributed by atoms with van der Waals surface area (Å²) in [5.74, 6) is -2.41. The fraction of sp³-hybridized carbons (Fsp3) is 0.467. The highest BCUT2D eigenvalue weighted by Crippen LogP contribution is 2.23. The fourth-order valence-electron chi connectivity index (χ4n) is 2.41. The lowest BCUT2D eigenvalue weighted by Crippen LogP contribution is -2.49. The average molecular weight is 329 g/mol. The second-order valence-electron chi connectivity index (χ2n) is 4.99. The molecule has 120 valence electrons. The van der Waals surface area contributed by atoms with E-state index in [2.05, 4.69) is 0 Å². The van der Waals surface area contributed by atoms with Gasteiger partial charge in [-0.15, -0.1) is 11.8 Å². The molecule has 7 heteroatoms. The molecular weight excluding hydrogens is 312 g/mol. The second kappa shape index (κ2) is 7.58. The van der Waals surface area contributed by atoms with Crippen LogP contribution in [0.15, 0.2) is 23.1 Å². The van der Waals surface area contributed by atoms with E-state index >= 15 is 0 Å². The minimum Gasteiger partial charge on any atom is -0.467 e. The Morgan fingerprint density at radius 3 is 2.77 bits per heavy atom. The van der Waals surface area contributed by atoms with Crippen LogP contribution in [0.1, 0.15) is 19.3 Å². The lowest BCUT2D eigenvalue weighted by molar-refractivity contribution is -0.153. The molecule has 0 aromatic heterocycles. The van der Waals surface area contributed by atoms with Crippen LogP contribution in [0.25, 0.3) is 0 Å². The molecule has 1 fully saturated rings. The highest BCUT2D eigenvalue weighted by molar-refractivity contribution is 8.00. The molecule has 1 atom stereocenters. The zero-order valence-electron chi connectivity index (χ0n) is 12.2. The van der Waals surface area contributed by atoms with Crippen molar-refractivity contribution in [3.8, 4) is 0 Å². The molecule has 0 unspecified atom stereocenters. The van der Waals surface area contributed by atoms with Crippen molar-refractivity contribution in [1.29, 1.82) is 0 Å². The molecule has 1 aliphatic rings. The Hall–Kier alpha value is -1.63. The Balaban J connectivity index is 1.97. The van der Waals surface area contributed by atoms with Gasteiger partial charge in [-0.3, -0.25) is 4.79 Å². The number of carbonyl (C=O) groups excluding carboxylic acids is 2. The maximum atomic E-state index is 13.1. The van der Waals surface area contributed by atoms with Gasteiger partial charge < -0.3 is 9.64 Å². The van der Waals surface area contributed by atoms with Crippen LogP contribution >= 0.6 is 11.8 Å². The molecule has 1 amide bonds. The summed E-state index contributed by atoms with van der Waals surface area (Å²) in [7, 11) is 1.30. The lowest BCUT2D eigenvalue weighted by atomic mass is 10.0. The van der Waals surface area contributed by atoms with Crippen LogP contribution in [0.5, 0.6) is 0 Å².